The molecule has 5 heteroatoms. The van der Waals surface area contributed by atoms with Crippen molar-refractivity contribution >= 4 is 29.5 Å². The number of fused-ring (bicyclic) bond motifs is 5. The number of pyridine rings is 1. The van der Waals surface area contributed by atoms with Crippen molar-refractivity contribution < 1.29 is 9.68 Å². The first-order valence-electron chi connectivity index (χ1n) is 8.28. The predicted molar refractivity (Wildman–Crippen MR) is 99.3 cm³/mol. The maximum absolute atomic E-state index is 8.95. The molecule has 0 aliphatic carbocycles. The molecular formula is C20H16BN2O2. The minimum atomic E-state index is -0.119. The van der Waals surface area contributed by atoms with Crippen LogP contribution in [-0.2, 0) is 5.41 Å². The van der Waals surface area contributed by atoms with Crippen LogP contribution in [0.5, 0.6) is 5.75 Å². The minimum Gasteiger partial charge on any atom is -0.537 e. The van der Waals surface area contributed by atoms with Crippen LogP contribution in [0.2, 0.25) is 0 Å². The first-order valence-corrected chi connectivity index (χ1v) is 8.28. The summed E-state index contributed by atoms with van der Waals surface area (Å²) >= 11 is 0. The van der Waals surface area contributed by atoms with Crippen LogP contribution in [0.1, 0.15) is 25.0 Å². The van der Waals surface area contributed by atoms with E-state index in [0.29, 0.717) is 13.4 Å². The van der Waals surface area contributed by atoms with Gasteiger partial charge in [-0.3, -0.25) is 4.98 Å². The molecule has 0 atom stereocenters. The fourth-order valence-electron chi connectivity index (χ4n) is 4.15. The largest absolute Gasteiger partial charge is 0.569 e. The second-order valence-electron chi connectivity index (χ2n) is 6.96. The van der Waals surface area contributed by atoms with Crippen molar-refractivity contribution in [2.75, 3.05) is 0 Å². The highest BCUT2D eigenvalue weighted by Gasteiger charge is 2.35. The van der Waals surface area contributed by atoms with Crippen LogP contribution in [0.15, 0.2) is 54.9 Å². The number of benzene rings is 2. The summed E-state index contributed by atoms with van der Waals surface area (Å²) in [5.41, 5.74) is 5.91. The average molecular weight is 327 g/mol. The normalized spacial score (nSPS) is 14.5. The molecule has 1 aliphatic rings. The molecule has 4 aromatic rings. The molecular weight excluding hydrogens is 311 g/mol. The molecule has 4 nitrogen and oxygen atoms in total. The monoisotopic (exact) mass is 327 g/mol. The molecule has 0 saturated heterocycles. The van der Waals surface area contributed by atoms with E-state index in [9.17, 15) is 0 Å². The standard InChI is InChI=1S/C20H16BN2O2/c1-20(2)15-5-3-4-13-14-10-12(25-21-24)6-7-17(14)23(19(13)15)18-8-9-22-11-16(18)20/h3-11,24H,1-2H3. The topological polar surface area (TPSA) is 47.3 Å². The molecule has 121 valence electrons. The fourth-order valence-corrected chi connectivity index (χ4v) is 4.15. The summed E-state index contributed by atoms with van der Waals surface area (Å²) < 4.78 is 7.49. The van der Waals surface area contributed by atoms with Crippen LogP contribution in [0.4, 0.5) is 0 Å². The van der Waals surface area contributed by atoms with Gasteiger partial charge in [0.05, 0.1) is 16.7 Å². The highest BCUT2D eigenvalue weighted by Crippen LogP contribution is 2.47. The molecule has 1 N–H and O–H groups in total. The smallest absolute Gasteiger partial charge is 0.537 e. The lowest BCUT2D eigenvalue weighted by Gasteiger charge is -2.34. The molecule has 1 radical (unpaired) electrons. The first-order chi connectivity index (χ1) is 12.1. The number of hydrogen-bond donors (Lipinski definition) is 1. The summed E-state index contributed by atoms with van der Waals surface area (Å²) in [7, 11) is 0.716. The maximum Gasteiger partial charge on any atom is 0.569 e. The summed E-state index contributed by atoms with van der Waals surface area (Å²) in [6.07, 6.45) is 3.82. The summed E-state index contributed by atoms with van der Waals surface area (Å²) in [5, 5.41) is 11.2. The minimum absolute atomic E-state index is 0.119. The summed E-state index contributed by atoms with van der Waals surface area (Å²) in [6, 6.07) is 14.4. The van der Waals surface area contributed by atoms with E-state index in [1.54, 1.807) is 0 Å². The zero-order valence-electron chi connectivity index (χ0n) is 14.0. The zero-order valence-corrected chi connectivity index (χ0v) is 14.0. The Morgan fingerprint density at radius 3 is 2.80 bits per heavy atom. The van der Waals surface area contributed by atoms with E-state index < -0.39 is 0 Å². The molecule has 0 amide bonds. The highest BCUT2D eigenvalue weighted by atomic mass is 16.5. The molecule has 2 aromatic carbocycles. The van der Waals surface area contributed by atoms with Crippen molar-refractivity contribution in [3.63, 3.8) is 0 Å². The molecule has 0 unspecified atom stereocenters. The lowest BCUT2D eigenvalue weighted by atomic mass is 9.75. The predicted octanol–water partition coefficient (Wildman–Crippen LogP) is 3.72. The molecule has 0 bridgehead atoms. The van der Waals surface area contributed by atoms with Crippen molar-refractivity contribution in [3.8, 4) is 11.4 Å². The van der Waals surface area contributed by atoms with Gasteiger partial charge in [-0.2, -0.15) is 0 Å². The van der Waals surface area contributed by atoms with Crippen LogP contribution >= 0.6 is 0 Å². The quantitative estimate of drug-likeness (QED) is 0.571. The molecule has 0 spiro atoms. The van der Waals surface area contributed by atoms with Crippen molar-refractivity contribution in [2.24, 2.45) is 0 Å². The maximum atomic E-state index is 8.95. The van der Waals surface area contributed by atoms with Gasteiger partial charge in [0.2, 0.25) is 0 Å². The molecule has 5 rings (SSSR count). The van der Waals surface area contributed by atoms with Gasteiger partial charge in [-0.15, -0.1) is 0 Å². The van der Waals surface area contributed by atoms with Crippen molar-refractivity contribution in [3.05, 3.63) is 66.0 Å². The first kappa shape index (κ1) is 14.5. The Morgan fingerprint density at radius 1 is 1.08 bits per heavy atom. The van der Waals surface area contributed by atoms with Gasteiger partial charge in [0.15, 0.2) is 0 Å². The van der Waals surface area contributed by atoms with E-state index in [-0.39, 0.29) is 5.41 Å². The summed E-state index contributed by atoms with van der Waals surface area (Å²) in [6.45, 7) is 4.50. The Labute approximate surface area is 146 Å². The Morgan fingerprint density at radius 2 is 1.96 bits per heavy atom. The molecule has 3 heterocycles. The van der Waals surface area contributed by atoms with Crippen LogP contribution < -0.4 is 4.65 Å². The van der Waals surface area contributed by atoms with Crippen LogP contribution in [-0.4, -0.2) is 22.3 Å². The van der Waals surface area contributed by atoms with Gasteiger partial charge in [0.1, 0.15) is 5.75 Å². The fraction of sp³-hybridized carbons (Fsp3) is 0.150. The van der Waals surface area contributed by atoms with Gasteiger partial charge >= 0.3 is 7.69 Å². The van der Waals surface area contributed by atoms with E-state index in [2.05, 4.69) is 47.7 Å². The van der Waals surface area contributed by atoms with Gasteiger partial charge in [0.25, 0.3) is 0 Å². The Hall–Kier alpha value is -2.79. The second kappa shape index (κ2) is 4.86. The lowest BCUT2D eigenvalue weighted by molar-refractivity contribution is 0.454. The van der Waals surface area contributed by atoms with Crippen LogP contribution in [0, 0.1) is 0 Å². The van der Waals surface area contributed by atoms with Gasteiger partial charge in [-0.05, 0) is 29.8 Å². The van der Waals surface area contributed by atoms with Gasteiger partial charge in [0, 0.05) is 34.1 Å². The number of aromatic nitrogens is 2. The molecule has 25 heavy (non-hydrogen) atoms. The number of rotatable bonds is 2. The Kier molecular flexibility index (Phi) is 2.83. The molecule has 0 saturated carbocycles. The van der Waals surface area contributed by atoms with Crippen LogP contribution in [0.3, 0.4) is 0 Å². The second-order valence-corrected chi connectivity index (χ2v) is 6.96. The van der Waals surface area contributed by atoms with Gasteiger partial charge in [-0.1, -0.05) is 32.0 Å². The third kappa shape index (κ3) is 1.79. The number of hydrogen-bond acceptors (Lipinski definition) is 3. The Balaban J connectivity index is 2.00. The third-order valence-electron chi connectivity index (χ3n) is 5.33. The van der Waals surface area contributed by atoms with Crippen LogP contribution in [0.25, 0.3) is 27.5 Å². The molecule has 0 fully saturated rings. The number of para-hydroxylation sites is 1. The summed E-state index contributed by atoms with van der Waals surface area (Å²) in [5.74, 6) is 0.618. The van der Waals surface area contributed by atoms with E-state index in [4.69, 9.17) is 9.68 Å². The van der Waals surface area contributed by atoms with Gasteiger partial charge in [-0.25, -0.2) is 0 Å². The highest BCUT2D eigenvalue weighted by molar-refractivity contribution is 6.18. The SMILES string of the molecule is CC1(C)c2cnccc2-n2c3ccc(O[B]O)cc3c3cccc1c32. The zero-order chi connectivity index (χ0) is 17.2. The number of nitrogens with zero attached hydrogens (tertiary/aromatic N) is 2. The molecule has 1 aliphatic heterocycles. The van der Waals surface area contributed by atoms with E-state index in [0.717, 1.165) is 10.9 Å². The van der Waals surface area contributed by atoms with E-state index >= 15 is 0 Å². The van der Waals surface area contributed by atoms with Gasteiger partial charge < -0.3 is 14.2 Å². The Bertz CT molecular complexity index is 1150. The summed E-state index contributed by atoms with van der Waals surface area (Å²) in [4.78, 5) is 4.37. The lowest BCUT2D eigenvalue weighted by Crippen LogP contribution is -2.26. The average Bonchev–Trinajstić information content (AvgIpc) is 2.95. The van der Waals surface area contributed by atoms with E-state index in [1.807, 2.05) is 30.6 Å². The van der Waals surface area contributed by atoms with E-state index in [1.165, 1.54) is 27.7 Å². The van der Waals surface area contributed by atoms with Crippen molar-refractivity contribution in [1.29, 1.82) is 0 Å². The molecule has 2 aromatic heterocycles. The van der Waals surface area contributed by atoms with Crippen molar-refractivity contribution in [2.45, 2.75) is 19.3 Å². The van der Waals surface area contributed by atoms with Crippen molar-refractivity contribution in [1.82, 2.24) is 9.55 Å². The third-order valence-corrected chi connectivity index (χ3v) is 5.33.